The van der Waals surface area contributed by atoms with Crippen molar-refractivity contribution in [2.45, 2.75) is 0 Å². The Hall–Kier alpha value is -7.28. The van der Waals surface area contributed by atoms with Gasteiger partial charge in [0.25, 0.3) is 0 Å². The molecule has 0 saturated heterocycles. The zero-order chi connectivity index (χ0) is 36.7. The first-order chi connectivity index (χ1) is 27.7. The average molecular weight is 733 g/mol. The molecule has 0 unspecified atom stereocenters. The van der Waals surface area contributed by atoms with Crippen LogP contribution in [-0.4, -0.2) is 19.9 Å². The van der Waals surface area contributed by atoms with Crippen molar-refractivity contribution in [2.24, 2.45) is 0 Å². The molecule has 0 aliphatic carbocycles. The van der Waals surface area contributed by atoms with E-state index in [4.69, 9.17) is 24.4 Å². The molecule has 0 atom stereocenters. The van der Waals surface area contributed by atoms with Gasteiger partial charge in [0.15, 0.2) is 23.1 Å². The molecule has 0 aliphatic rings. The highest BCUT2D eigenvalue weighted by molar-refractivity contribution is 7.26. The standard InChI is InChI=1S/C50H28N4OS/c1-2-12-30(13-3-1)47-52-48(31-21-24-38-36-17-7-6-15-34(36)35-16-8-9-18-37(35)41(38)27-31)54-49(53-47)32-23-26-44-42(28-32)39-19-10-20-40(46(39)56-44)50-51-43-25-22-29-11-4-5-14-33(29)45(43)55-50/h1-28H. The molecule has 0 radical (unpaired) electrons. The topological polar surface area (TPSA) is 64.7 Å². The van der Waals surface area contributed by atoms with Crippen LogP contribution >= 0.6 is 11.3 Å². The molecule has 6 heteroatoms. The minimum absolute atomic E-state index is 0.625. The molecular formula is C50H28N4OS. The van der Waals surface area contributed by atoms with E-state index in [1.54, 1.807) is 11.3 Å². The van der Waals surface area contributed by atoms with Gasteiger partial charge in [0.05, 0.1) is 5.56 Å². The van der Waals surface area contributed by atoms with E-state index >= 15 is 0 Å². The molecule has 0 amide bonds. The van der Waals surface area contributed by atoms with E-state index in [0.29, 0.717) is 23.4 Å². The van der Waals surface area contributed by atoms with Crippen LogP contribution in [0.1, 0.15) is 0 Å². The molecule has 0 bridgehead atoms. The van der Waals surface area contributed by atoms with Gasteiger partial charge in [-0.05, 0) is 74.1 Å². The third-order valence-electron chi connectivity index (χ3n) is 10.9. The second-order valence-corrected chi connectivity index (χ2v) is 15.2. The van der Waals surface area contributed by atoms with Crippen LogP contribution in [0.5, 0.6) is 0 Å². The lowest BCUT2D eigenvalue weighted by Crippen LogP contribution is -2.00. The van der Waals surface area contributed by atoms with E-state index < -0.39 is 0 Å². The van der Waals surface area contributed by atoms with Crippen LogP contribution < -0.4 is 0 Å². The molecule has 12 aromatic rings. The number of oxazole rings is 1. The van der Waals surface area contributed by atoms with Gasteiger partial charge in [0.2, 0.25) is 5.89 Å². The Kier molecular flexibility index (Phi) is 6.73. The molecular weight excluding hydrogens is 705 g/mol. The molecule has 3 heterocycles. The number of benzene rings is 9. The van der Waals surface area contributed by atoms with Crippen LogP contribution in [0.15, 0.2) is 174 Å². The van der Waals surface area contributed by atoms with Crippen LogP contribution in [-0.2, 0) is 0 Å². The highest BCUT2D eigenvalue weighted by Gasteiger charge is 2.19. The second-order valence-electron chi connectivity index (χ2n) is 14.2. The van der Waals surface area contributed by atoms with Crippen molar-refractivity contribution in [3.8, 4) is 45.6 Å². The van der Waals surface area contributed by atoms with E-state index in [9.17, 15) is 0 Å². The maximum absolute atomic E-state index is 6.52. The van der Waals surface area contributed by atoms with Crippen LogP contribution in [0.2, 0.25) is 0 Å². The lowest BCUT2D eigenvalue weighted by Gasteiger charge is -2.12. The van der Waals surface area contributed by atoms with Crippen molar-refractivity contribution in [2.75, 3.05) is 0 Å². The fourth-order valence-corrected chi connectivity index (χ4v) is 9.46. The van der Waals surface area contributed by atoms with E-state index in [1.165, 1.54) is 37.0 Å². The molecule has 0 saturated carbocycles. The van der Waals surface area contributed by atoms with E-state index in [1.807, 2.05) is 36.4 Å². The molecule has 3 aromatic heterocycles. The maximum atomic E-state index is 6.52. The van der Waals surface area contributed by atoms with Gasteiger partial charge in [-0.2, -0.15) is 0 Å². The number of nitrogens with zero attached hydrogens (tertiary/aromatic N) is 4. The molecule has 0 fully saturated rings. The van der Waals surface area contributed by atoms with Gasteiger partial charge < -0.3 is 4.42 Å². The SMILES string of the molecule is c1ccc(-c2nc(-c3ccc4sc5c(-c6nc7ccc8ccccc8c7o6)cccc5c4c3)nc(-c3ccc4c5ccccc5c5ccccc5c4c3)n2)cc1. The summed E-state index contributed by atoms with van der Waals surface area (Å²) in [6.07, 6.45) is 0. The maximum Gasteiger partial charge on any atom is 0.228 e. The lowest BCUT2D eigenvalue weighted by atomic mass is 9.93. The number of fused-ring (bicyclic) bond motifs is 12. The van der Waals surface area contributed by atoms with Gasteiger partial charge in [-0.15, -0.1) is 11.3 Å². The highest BCUT2D eigenvalue weighted by Crippen LogP contribution is 2.43. The molecule has 260 valence electrons. The molecule has 0 spiro atoms. The fourth-order valence-electron chi connectivity index (χ4n) is 8.27. The van der Waals surface area contributed by atoms with E-state index in [-0.39, 0.29) is 0 Å². The van der Waals surface area contributed by atoms with Crippen molar-refractivity contribution in [1.82, 2.24) is 19.9 Å². The Morgan fingerprint density at radius 2 is 0.946 bits per heavy atom. The molecule has 56 heavy (non-hydrogen) atoms. The van der Waals surface area contributed by atoms with Crippen LogP contribution in [0, 0.1) is 0 Å². The molecule has 0 N–H and O–H groups in total. The summed E-state index contributed by atoms with van der Waals surface area (Å²) in [5.41, 5.74) is 5.45. The zero-order valence-corrected chi connectivity index (χ0v) is 30.6. The lowest BCUT2D eigenvalue weighted by molar-refractivity contribution is 0.624. The van der Waals surface area contributed by atoms with Gasteiger partial charge in [-0.25, -0.2) is 19.9 Å². The monoisotopic (exact) mass is 732 g/mol. The first kappa shape index (κ1) is 31.1. The highest BCUT2D eigenvalue weighted by atomic mass is 32.1. The van der Waals surface area contributed by atoms with Crippen LogP contribution in [0.4, 0.5) is 0 Å². The predicted octanol–water partition coefficient (Wildman–Crippen LogP) is 13.7. The summed E-state index contributed by atoms with van der Waals surface area (Å²) in [7, 11) is 0. The summed E-state index contributed by atoms with van der Waals surface area (Å²) >= 11 is 1.75. The predicted molar refractivity (Wildman–Crippen MR) is 232 cm³/mol. The second kappa shape index (κ2) is 12.1. The largest absolute Gasteiger partial charge is 0.435 e. The Labute approximate surface area is 324 Å². The van der Waals surface area contributed by atoms with Crippen LogP contribution in [0.25, 0.3) is 120 Å². The molecule has 9 aromatic carbocycles. The number of hydrogen-bond donors (Lipinski definition) is 0. The third kappa shape index (κ3) is 4.79. The van der Waals surface area contributed by atoms with Gasteiger partial charge in [0.1, 0.15) is 5.52 Å². The number of aromatic nitrogens is 4. The Morgan fingerprint density at radius 3 is 1.68 bits per heavy atom. The van der Waals surface area contributed by atoms with Crippen molar-refractivity contribution < 1.29 is 4.42 Å². The quantitative estimate of drug-likeness (QED) is 0.169. The molecule has 12 rings (SSSR count). The van der Waals surface area contributed by atoms with Gasteiger partial charge in [-0.3, -0.25) is 0 Å². The summed E-state index contributed by atoms with van der Waals surface area (Å²) in [6.45, 7) is 0. The average Bonchev–Trinajstić information content (AvgIpc) is 3.89. The van der Waals surface area contributed by atoms with Crippen LogP contribution in [0.3, 0.4) is 0 Å². The van der Waals surface area contributed by atoms with E-state index in [0.717, 1.165) is 59.6 Å². The fraction of sp³-hybridized carbons (Fsp3) is 0. The molecule has 0 aliphatic heterocycles. The zero-order valence-electron chi connectivity index (χ0n) is 29.8. The van der Waals surface area contributed by atoms with Crippen molar-refractivity contribution in [3.63, 3.8) is 0 Å². The first-order valence-electron chi connectivity index (χ1n) is 18.6. The number of thiophene rings is 1. The van der Waals surface area contributed by atoms with Crippen molar-refractivity contribution in [3.05, 3.63) is 170 Å². The normalized spacial score (nSPS) is 11.9. The first-order valence-corrected chi connectivity index (χ1v) is 19.4. The smallest absolute Gasteiger partial charge is 0.228 e. The summed E-state index contributed by atoms with van der Waals surface area (Å²) < 4.78 is 8.82. The van der Waals surface area contributed by atoms with E-state index in [2.05, 4.69) is 133 Å². The van der Waals surface area contributed by atoms with Gasteiger partial charge >= 0.3 is 0 Å². The Bertz CT molecular complexity index is 3520. The number of hydrogen-bond acceptors (Lipinski definition) is 6. The Morgan fingerprint density at radius 1 is 0.375 bits per heavy atom. The minimum Gasteiger partial charge on any atom is -0.435 e. The number of rotatable bonds is 4. The summed E-state index contributed by atoms with van der Waals surface area (Å²) in [5.74, 6) is 2.52. The Balaban J connectivity index is 1.03. The van der Waals surface area contributed by atoms with Crippen molar-refractivity contribution >= 4 is 85.7 Å². The minimum atomic E-state index is 0.625. The summed E-state index contributed by atoms with van der Waals surface area (Å²) in [5, 5.41) is 11.8. The summed E-state index contributed by atoms with van der Waals surface area (Å²) in [6, 6.07) is 59.3. The van der Waals surface area contributed by atoms with Gasteiger partial charge in [0, 0.05) is 42.2 Å². The summed E-state index contributed by atoms with van der Waals surface area (Å²) in [4.78, 5) is 20.3. The van der Waals surface area contributed by atoms with Gasteiger partial charge in [-0.1, -0.05) is 133 Å². The molecule has 5 nitrogen and oxygen atoms in total. The van der Waals surface area contributed by atoms with Crippen molar-refractivity contribution in [1.29, 1.82) is 0 Å². The third-order valence-corrected chi connectivity index (χ3v) is 12.2.